The molecule has 0 amide bonds. The van der Waals surface area contributed by atoms with Gasteiger partial charge in [-0.25, -0.2) is 15.0 Å². The van der Waals surface area contributed by atoms with Gasteiger partial charge in [-0.2, -0.15) is 13.2 Å². The molecule has 12 heteroatoms. The second kappa shape index (κ2) is 9.78. The minimum Gasteiger partial charge on any atom is -0.399 e. The van der Waals surface area contributed by atoms with E-state index in [0.717, 1.165) is 25.2 Å². The number of nitrogens with zero attached hydrogens (tertiary/aromatic N) is 5. The molecule has 1 aliphatic heterocycles. The molecule has 1 aliphatic carbocycles. The molecule has 2 fully saturated rings. The lowest BCUT2D eigenvalue weighted by atomic mass is 10.1. The molecule has 8 nitrogen and oxygen atoms in total. The highest BCUT2D eigenvalue weighted by Gasteiger charge is 2.36. The van der Waals surface area contributed by atoms with E-state index < -0.39 is 18.9 Å². The number of anilines is 2. The third-order valence-corrected chi connectivity index (χ3v) is 11.0. The van der Waals surface area contributed by atoms with Gasteiger partial charge >= 0.3 is 6.18 Å². The van der Waals surface area contributed by atoms with Gasteiger partial charge in [0.25, 0.3) is 0 Å². The van der Waals surface area contributed by atoms with E-state index in [0.29, 0.717) is 57.6 Å². The Kier molecular flexibility index (Phi) is 6.54. The Morgan fingerprint density at radius 3 is 2.54 bits per heavy atom. The van der Waals surface area contributed by atoms with Crippen molar-refractivity contribution in [1.29, 1.82) is 0 Å². The molecule has 0 unspecified atom stereocenters. The number of fused-ring (bicyclic) bond motifs is 3. The Hall–Kier alpha value is -3.17. The van der Waals surface area contributed by atoms with Crippen LogP contribution < -0.4 is 16.4 Å². The van der Waals surface area contributed by atoms with Crippen LogP contribution in [0.1, 0.15) is 42.6 Å². The van der Waals surface area contributed by atoms with Crippen LogP contribution in [0, 0.1) is 6.92 Å². The minimum absolute atomic E-state index is 0.0369. The largest absolute Gasteiger partial charge is 0.416 e. The van der Waals surface area contributed by atoms with Crippen molar-refractivity contribution in [2.75, 3.05) is 36.5 Å². The Labute approximate surface area is 224 Å². The second-order valence-electron chi connectivity index (χ2n) is 10.6. The second-order valence-corrected chi connectivity index (χ2v) is 13.8. The average molecular weight is 558 g/mol. The highest BCUT2D eigenvalue weighted by molar-refractivity contribution is 7.72. The number of aryl methyl sites for hydroxylation is 1. The van der Waals surface area contributed by atoms with Crippen LogP contribution in [0.25, 0.3) is 16.7 Å². The number of aromatic nitrogens is 4. The quantitative estimate of drug-likeness (QED) is 0.262. The first-order chi connectivity index (χ1) is 18.6. The first kappa shape index (κ1) is 26.1. The summed E-state index contributed by atoms with van der Waals surface area (Å²) in [6.45, 7) is 3.44. The van der Waals surface area contributed by atoms with E-state index in [1.807, 2.05) is 10.5 Å². The average Bonchev–Trinajstić information content (AvgIpc) is 3.59. The van der Waals surface area contributed by atoms with Gasteiger partial charge in [-0.15, -0.1) is 0 Å². The predicted octanol–water partition coefficient (Wildman–Crippen LogP) is 5.05. The van der Waals surface area contributed by atoms with Crippen molar-refractivity contribution in [2.45, 2.75) is 51.4 Å². The molecule has 0 bridgehead atoms. The summed E-state index contributed by atoms with van der Waals surface area (Å²) in [6, 6.07) is 5.99. The van der Waals surface area contributed by atoms with Crippen molar-refractivity contribution >= 4 is 40.6 Å². The maximum Gasteiger partial charge on any atom is 0.416 e. The SMILES string of the molecule is Cc1nc(NCc2cc(N)cc(C(F)(F)F)c2)c2cc(P3(=O)CCN(C4CCCC4)CC3)c3nccn3c2n1. The van der Waals surface area contributed by atoms with Gasteiger partial charge < -0.3 is 15.6 Å². The smallest absolute Gasteiger partial charge is 0.399 e. The number of hydrogen-bond donors (Lipinski definition) is 2. The number of nitrogen functional groups attached to an aromatic ring is 1. The fourth-order valence-electron chi connectivity index (χ4n) is 6.03. The number of nitrogens with two attached hydrogens (primary N) is 1. The molecule has 0 radical (unpaired) electrons. The zero-order valence-corrected chi connectivity index (χ0v) is 22.6. The molecular weight excluding hydrogens is 526 g/mol. The molecule has 1 saturated heterocycles. The van der Waals surface area contributed by atoms with Crippen LogP contribution in [0.2, 0.25) is 0 Å². The summed E-state index contributed by atoms with van der Waals surface area (Å²) < 4.78 is 56.2. The Morgan fingerprint density at radius 1 is 1.08 bits per heavy atom. The summed E-state index contributed by atoms with van der Waals surface area (Å²) in [5, 5.41) is 4.55. The van der Waals surface area contributed by atoms with Gasteiger partial charge in [-0.1, -0.05) is 12.8 Å². The molecule has 1 aromatic carbocycles. The summed E-state index contributed by atoms with van der Waals surface area (Å²) >= 11 is 0. The van der Waals surface area contributed by atoms with E-state index >= 15 is 0 Å². The van der Waals surface area contributed by atoms with Crippen LogP contribution in [0.4, 0.5) is 24.7 Å². The van der Waals surface area contributed by atoms with E-state index in [2.05, 4.69) is 25.2 Å². The first-order valence-corrected chi connectivity index (χ1v) is 15.4. The summed E-state index contributed by atoms with van der Waals surface area (Å²) in [5.74, 6) is 0.953. The molecule has 0 atom stereocenters. The number of imidazole rings is 1. The molecule has 6 rings (SSSR count). The Balaban J connectivity index is 1.36. The number of hydrogen-bond acceptors (Lipinski definition) is 7. The third-order valence-electron chi connectivity index (χ3n) is 8.00. The van der Waals surface area contributed by atoms with Gasteiger partial charge in [0.05, 0.1) is 16.3 Å². The summed E-state index contributed by atoms with van der Waals surface area (Å²) in [4.78, 5) is 16.2. The molecule has 4 heterocycles. The van der Waals surface area contributed by atoms with Crippen LogP contribution in [0.3, 0.4) is 0 Å². The lowest BCUT2D eigenvalue weighted by Gasteiger charge is -2.36. The van der Waals surface area contributed by atoms with E-state index in [1.54, 1.807) is 19.3 Å². The zero-order chi connectivity index (χ0) is 27.4. The van der Waals surface area contributed by atoms with Crippen molar-refractivity contribution in [3.63, 3.8) is 0 Å². The van der Waals surface area contributed by atoms with Crippen molar-refractivity contribution < 1.29 is 17.7 Å². The van der Waals surface area contributed by atoms with Gasteiger partial charge in [0, 0.05) is 56.1 Å². The predicted molar refractivity (Wildman–Crippen MR) is 147 cm³/mol. The standard InChI is InChI=1S/C27H31F3N7OP/c1-17-34-24(33-16-18-12-19(27(28,29)30)14-20(31)13-18)22-15-23(26-32-6-7-37(26)25(22)35-17)39(38)10-8-36(9-11-39)21-4-2-3-5-21/h6-7,12-15,21H,2-5,8-11,16,31H2,1H3,(H,33,34,35). The molecule has 3 aromatic heterocycles. The minimum atomic E-state index is -4.50. The molecule has 0 spiro atoms. The molecule has 206 valence electrons. The number of rotatable bonds is 5. The van der Waals surface area contributed by atoms with Gasteiger partial charge in [0.1, 0.15) is 24.4 Å². The zero-order valence-electron chi connectivity index (χ0n) is 21.7. The van der Waals surface area contributed by atoms with Crippen LogP contribution in [0.5, 0.6) is 0 Å². The van der Waals surface area contributed by atoms with Crippen molar-refractivity contribution in [1.82, 2.24) is 24.3 Å². The van der Waals surface area contributed by atoms with Gasteiger partial charge in [-0.3, -0.25) is 9.30 Å². The van der Waals surface area contributed by atoms with E-state index in [1.165, 1.54) is 31.7 Å². The molecule has 39 heavy (non-hydrogen) atoms. The number of alkyl halides is 3. The lowest BCUT2D eigenvalue weighted by molar-refractivity contribution is -0.137. The molecular formula is C27H31F3N7OP. The molecule has 1 saturated carbocycles. The first-order valence-electron chi connectivity index (χ1n) is 13.3. The van der Waals surface area contributed by atoms with Gasteiger partial charge in [0.15, 0.2) is 5.65 Å². The Morgan fingerprint density at radius 2 is 1.82 bits per heavy atom. The van der Waals surface area contributed by atoms with E-state index in [4.69, 9.17) is 5.73 Å². The van der Waals surface area contributed by atoms with Crippen LogP contribution in [-0.2, 0) is 17.3 Å². The monoisotopic (exact) mass is 557 g/mol. The van der Waals surface area contributed by atoms with Crippen LogP contribution in [-0.4, -0.2) is 55.7 Å². The topological polar surface area (TPSA) is 101 Å². The lowest BCUT2D eigenvalue weighted by Crippen LogP contribution is -2.42. The van der Waals surface area contributed by atoms with Crippen molar-refractivity contribution in [3.05, 3.63) is 53.6 Å². The molecule has 4 aromatic rings. The fourth-order valence-corrected chi connectivity index (χ4v) is 8.79. The van der Waals surface area contributed by atoms with E-state index in [-0.39, 0.29) is 12.2 Å². The highest BCUT2D eigenvalue weighted by Crippen LogP contribution is 2.48. The molecule has 3 N–H and O–H groups in total. The maximum atomic E-state index is 14.4. The maximum absolute atomic E-state index is 14.4. The number of pyridine rings is 1. The highest BCUT2D eigenvalue weighted by atomic mass is 31.2. The van der Waals surface area contributed by atoms with Crippen LogP contribution >= 0.6 is 7.14 Å². The fraction of sp³-hybridized carbons (Fsp3) is 0.444. The Bertz CT molecular complexity index is 1580. The van der Waals surface area contributed by atoms with Gasteiger partial charge in [-0.05, 0) is 49.6 Å². The number of nitrogens with one attached hydrogen (secondary N) is 1. The van der Waals surface area contributed by atoms with E-state index in [9.17, 15) is 17.7 Å². The molecule has 2 aliphatic rings. The van der Waals surface area contributed by atoms with Crippen molar-refractivity contribution in [3.8, 4) is 0 Å². The summed E-state index contributed by atoms with van der Waals surface area (Å²) in [7, 11) is -2.75. The van der Waals surface area contributed by atoms with Gasteiger partial charge in [0.2, 0.25) is 0 Å². The summed E-state index contributed by atoms with van der Waals surface area (Å²) in [6.07, 6.45) is 5.13. The number of benzene rings is 1. The third kappa shape index (κ3) is 4.98. The normalized spacial score (nSPS) is 18.8. The summed E-state index contributed by atoms with van der Waals surface area (Å²) in [5.41, 5.74) is 6.61. The van der Waals surface area contributed by atoms with Crippen molar-refractivity contribution in [2.24, 2.45) is 0 Å². The van der Waals surface area contributed by atoms with Crippen LogP contribution in [0.15, 0.2) is 36.7 Å². The number of halogens is 3.